The van der Waals surface area contributed by atoms with Gasteiger partial charge in [0.2, 0.25) is 0 Å². The Morgan fingerprint density at radius 1 is 0.720 bits per heavy atom. The first-order valence-electron chi connectivity index (χ1n) is 8.55. The van der Waals surface area contributed by atoms with E-state index in [1.165, 1.54) is 13.8 Å². The second-order valence-corrected chi connectivity index (χ2v) is 6.71. The Morgan fingerprint density at radius 2 is 1.08 bits per heavy atom. The van der Waals surface area contributed by atoms with E-state index in [2.05, 4.69) is 12.2 Å². The quantitative estimate of drug-likeness (QED) is 0.730. The summed E-state index contributed by atoms with van der Waals surface area (Å²) in [6.07, 6.45) is 5.15. The number of carbonyl (C=O) groups is 2. The summed E-state index contributed by atoms with van der Waals surface area (Å²) in [7, 11) is 0. The van der Waals surface area contributed by atoms with Crippen molar-refractivity contribution in [2.24, 2.45) is 5.41 Å². The Bertz CT molecular complexity index is 769. The number of rotatable bonds is 4. The number of carbonyl (C=O) groups excluding carboxylic acids is 2. The fourth-order valence-electron chi connectivity index (χ4n) is 3.47. The van der Waals surface area contributed by atoms with Crippen molar-refractivity contribution in [3.63, 3.8) is 0 Å². The molecular formula is C23H22O2. The Morgan fingerprint density at radius 3 is 1.40 bits per heavy atom. The highest BCUT2D eigenvalue weighted by molar-refractivity contribution is 6.07. The average molecular weight is 330 g/mol. The van der Waals surface area contributed by atoms with Gasteiger partial charge < -0.3 is 0 Å². The van der Waals surface area contributed by atoms with Crippen LogP contribution in [-0.4, -0.2) is 11.6 Å². The summed E-state index contributed by atoms with van der Waals surface area (Å²) in [5.41, 5.74) is 3.39. The van der Waals surface area contributed by atoms with E-state index in [0.717, 1.165) is 22.3 Å². The van der Waals surface area contributed by atoms with Crippen molar-refractivity contribution in [2.75, 3.05) is 0 Å². The Balaban J connectivity index is 2.09. The van der Waals surface area contributed by atoms with Gasteiger partial charge in [-0.3, -0.25) is 9.59 Å². The number of allylic oxidation sites excluding steroid dienone is 2. The number of hydrogen-bond acceptors (Lipinski definition) is 2. The summed E-state index contributed by atoms with van der Waals surface area (Å²) in [6.45, 7) is 3.07. The van der Waals surface area contributed by atoms with Gasteiger partial charge >= 0.3 is 0 Å². The van der Waals surface area contributed by atoms with Crippen molar-refractivity contribution in [1.82, 2.24) is 0 Å². The molecule has 0 unspecified atom stereocenters. The first-order chi connectivity index (χ1) is 12.0. The molecule has 25 heavy (non-hydrogen) atoms. The summed E-state index contributed by atoms with van der Waals surface area (Å²) in [4.78, 5) is 24.7. The van der Waals surface area contributed by atoms with Gasteiger partial charge in [0.05, 0.1) is 5.41 Å². The van der Waals surface area contributed by atoms with Crippen molar-refractivity contribution in [2.45, 2.75) is 26.7 Å². The number of hydrogen-bond donors (Lipinski definition) is 0. The van der Waals surface area contributed by atoms with Crippen molar-refractivity contribution in [3.8, 4) is 0 Å². The fraction of sp³-hybridized carbons (Fsp3) is 0.217. The molecule has 2 nitrogen and oxygen atoms in total. The van der Waals surface area contributed by atoms with E-state index in [1.54, 1.807) is 0 Å². The lowest BCUT2D eigenvalue weighted by Crippen LogP contribution is -2.33. The van der Waals surface area contributed by atoms with Crippen molar-refractivity contribution < 1.29 is 9.59 Å². The molecular weight excluding hydrogens is 308 g/mol. The lowest BCUT2D eigenvalue weighted by atomic mass is 9.78. The zero-order valence-electron chi connectivity index (χ0n) is 14.7. The molecule has 2 aromatic rings. The first-order valence-corrected chi connectivity index (χ1v) is 8.55. The fourth-order valence-corrected chi connectivity index (χ4v) is 3.47. The maximum Gasteiger partial charge on any atom is 0.144 e. The molecule has 0 N–H and O–H groups in total. The van der Waals surface area contributed by atoms with E-state index in [9.17, 15) is 9.59 Å². The van der Waals surface area contributed by atoms with Gasteiger partial charge in [0.15, 0.2) is 0 Å². The zero-order valence-corrected chi connectivity index (χ0v) is 14.7. The molecule has 2 heteroatoms. The molecule has 1 fully saturated rings. The van der Waals surface area contributed by atoms with E-state index < -0.39 is 5.41 Å². The predicted molar refractivity (Wildman–Crippen MR) is 102 cm³/mol. The maximum absolute atomic E-state index is 12.3. The van der Waals surface area contributed by atoms with Crippen LogP contribution in [0.2, 0.25) is 0 Å². The number of benzene rings is 2. The second kappa shape index (κ2) is 7.02. The minimum atomic E-state index is -0.915. The molecule has 0 aromatic heterocycles. The van der Waals surface area contributed by atoms with Crippen molar-refractivity contribution in [3.05, 3.63) is 82.9 Å². The molecule has 1 aliphatic rings. The van der Waals surface area contributed by atoms with E-state index >= 15 is 0 Å². The van der Waals surface area contributed by atoms with Gasteiger partial charge in [0.25, 0.3) is 0 Å². The third-order valence-corrected chi connectivity index (χ3v) is 5.03. The highest BCUT2D eigenvalue weighted by atomic mass is 16.2. The van der Waals surface area contributed by atoms with Crippen molar-refractivity contribution in [1.29, 1.82) is 0 Å². The highest BCUT2D eigenvalue weighted by Gasteiger charge is 2.46. The SMILES string of the molecule is CC(=O)C1(C(C)=O)CC(=C\c2ccccc2)/C(=C/c2ccccc2)C1. The lowest BCUT2D eigenvalue weighted by Gasteiger charge is -2.21. The number of Topliss-reactive ketones (excluding diaryl/α,β-unsaturated/α-hetero) is 2. The molecule has 126 valence electrons. The van der Waals surface area contributed by atoms with Crippen LogP contribution in [0, 0.1) is 5.41 Å². The summed E-state index contributed by atoms with van der Waals surface area (Å²) in [5, 5.41) is 0. The third kappa shape index (κ3) is 3.53. The first kappa shape index (κ1) is 17.1. The molecule has 3 rings (SSSR count). The lowest BCUT2D eigenvalue weighted by molar-refractivity contribution is -0.137. The predicted octanol–water partition coefficient (Wildman–Crippen LogP) is 5.11. The summed E-state index contributed by atoms with van der Waals surface area (Å²) >= 11 is 0. The van der Waals surface area contributed by atoms with Gasteiger partial charge in [-0.05, 0) is 49.0 Å². The van der Waals surface area contributed by atoms with Crippen molar-refractivity contribution >= 4 is 23.7 Å². The molecule has 0 aliphatic heterocycles. The molecule has 0 spiro atoms. The molecule has 0 amide bonds. The maximum atomic E-state index is 12.3. The Labute approximate surface area is 148 Å². The van der Waals surface area contributed by atoms with Crippen LogP contribution in [0.15, 0.2) is 71.8 Å². The number of ketones is 2. The van der Waals surface area contributed by atoms with Gasteiger partial charge in [-0.15, -0.1) is 0 Å². The molecule has 1 saturated carbocycles. The molecule has 0 atom stereocenters. The molecule has 1 aliphatic carbocycles. The van der Waals surface area contributed by atoms with Crippen LogP contribution in [0.5, 0.6) is 0 Å². The summed E-state index contributed by atoms with van der Waals surface area (Å²) < 4.78 is 0. The van der Waals surface area contributed by atoms with E-state index in [1.807, 2.05) is 60.7 Å². The monoisotopic (exact) mass is 330 g/mol. The standard InChI is InChI=1S/C23H22O2/c1-17(24)23(18(2)25)15-21(13-19-9-5-3-6-10-19)22(16-23)14-20-11-7-4-8-12-20/h3-14H,15-16H2,1-2H3/b21-13+,22-14+. The zero-order chi connectivity index (χ0) is 17.9. The minimum Gasteiger partial charge on any atom is -0.299 e. The Kier molecular flexibility index (Phi) is 4.80. The molecule has 0 heterocycles. The molecule has 0 saturated heterocycles. The topological polar surface area (TPSA) is 34.1 Å². The van der Waals surface area contributed by atoms with Crippen LogP contribution in [0.4, 0.5) is 0 Å². The van der Waals surface area contributed by atoms with E-state index in [-0.39, 0.29) is 11.6 Å². The molecule has 0 bridgehead atoms. The van der Waals surface area contributed by atoms with Crippen LogP contribution in [0.3, 0.4) is 0 Å². The smallest absolute Gasteiger partial charge is 0.144 e. The van der Waals surface area contributed by atoms with Crippen LogP contribution >= 0.6 is 0 Å². The van der Waals surface area contributed by atoms with Crippen LogP contribution < -0.4 is 0 Å². The van der Waals surface area contributed by atoms with Crippen LogP contribution in [0.1, 0.15) is 37.8 Å². The minimum absolute atomic E-state index is 0.0459. The Hall–Kier alpha value is -2.74. The van der Waals surface area contributed by atoms with Crippen LogP contribution in [0.25, 0.3) is 12.2 Å². The largest absolute Gasteiger partial charge is 0.299 e. The van der Waals surface area contributed by atoms with Gasteiger partial charge in [-0.2, -0.15) is 0 Å². The van der Waals surface area contributed by atoms with Crippen LogP contribution in [-0.2, 0) is 9.59 Å². The van der Waals surface area contributed by atoms with Gasteiger partial charge in [0, 0.05) is 0 Å². The summed E-state index contributed by atoms with van der Waals surface area (Å²) in [6, 6.07) is 20.1. The van der Waals surface area contributed by atoms with E-state index in [0.29, 0.717) is 12.8 Å². The normalized spacial score (nSPS) is 19.3. The van der Waals surface area contributed by atoms with E-state index in [4.69, 9.17) is 0 Å². The highest BCUT2D eigenvalue weighted by Crippen LogP contribution is 2.47. The molecule has 0 radical (unpaired) electrons. The van der Waals surface area contributed by atoms with Gasteiger partial charge in [0.1, 0.15) is 11.6 Å². The van der Waals surface area contributed by atoms with Gasteiger partial charge in [-0.1, -0.05) is 72.8 Å². The summed E-state index contributed by atoms with van der Waals surface area (Å²) in [5.74, 6) is -0.0918. The third-order valence-electron chi connectivity index (χ3n) is 5.03. The molecule has 2 aromatic carbocycles. The van der Waals surface area contributed by atoms with Gasteiger partial charge in [-0.25, -0.2) is 0 Å². The second-order valence-electron chi connectivity index (χ2n) is 6.71. The average Bonchev–Trinajstić information content (AvgIpc) is 2.96.